The summed E-state index contributed by atoms with van der Waals surface area (Å²) in [6.07, 6.45) is 4.23. The second kappa shape index (κ2) is 10.2. The van der Waals surface area contributed by atoms with Gasteiger partial charge in [-0.15, -0.1) is 0 Å². The SMILES string of the molecule is C=C(/C=C(/C)CC(CC(C)C)c1ccc(C)cc1)C(/C(C)=N\C)=C(\C)O. The molecule has 2 heteroatoms. The maximum Gasteiger partial charge on any atom is 0.0987 e. The van der Waals surface area contributed by atoms with Gasteiger partial charge in [-0.2, -0.15) is 0 Å². The third-order valence-electron chi connectivity index (χ3n) is 4.67. The van der Waals surface area contributed by atoms with E-state index < -0.39 is 0 Å². The number of benzene rings is 1. The molecule has 26 heavy (non-hydrogen) atoms. The van der Waals surface area contributed by atoms with Crippen LogP contribution in [0.3, 0.4) is 0 Å². The lowest BCUT2D eigenvalue weighted by Gasteiger charge is -2.21. The second-order valence-corrected chi connectivity index (χ2v) is 7.73. The monoisotopic (exact) mass is 353 g/mol. The Morgan fingerprint density at radius 2 is 1.73 bits per heavy atom. The Bertz CT molecular complexity index is 698. The van der Waals surface area contributed by atoms with Crippen molar-refractivity contribution < 1.29 is 5.11 Å². The summed E-state index contributed by atoms with van der Waals surface area (Å²) >= 11 is 0. The van der Waals surface area contributed by atoms with Crippen LogP contribution in [0.5, 0.6) is 0 Å². The van der Waals surface area contributed by atoms with E-state index in [0.717, 1.165) is 29.7 Å². The molecule has 0 heterocycles. The topological polar surface area (TPSA) is 32.6 Å². The Labute approximate surface area is 160 Å². The van der Waals surface area contributed by atoms with E-state index >= 15 is 0 Å². The molecule has 0 saturated heterocycles. The van der Waals surface area contributed by atoms with Gasteiger partial charge in [0.1, 0.15) is 0 Å². The van der Waals surface area contributed by atoms with Crippen LogP contribution in [0.4, 0.5) is 0 Å². The maximum atomic E-state index is 10.0. The summed E-state index contributed by atoms with van der Waals surface area (Å²) in [6.45, 7) is 16.6. The number of allylic oxidation sites excluding steroid dienone is 5. The molecule has 0 saturated carbocycles. The molecule has 0 aliphatic heterocycles. The minimum atomic E-state index is 0.263. The van der Waals surface area contributed by atoms with E-state index in [9.17, 15) is 5.11 Å². The van der Waals surface area contributed by atoms with E-state index in [1.54, 1.807) is 14.0 Å². The average molecular weight is 354 g/mol. The predicted molar refractivity (Wildman–Crippen MR) is 115 cm³/mol. The van der Waals surface area contributed by atoms with Crippen LogP contribution < -0.4 is 0 Å². The number of rotatable bonds is 8. The van der Waals surface area contributed by atoms with Crippen molar-refractivity contribution in [2.24, 2.45) is 10.9 Å². The Kier molecular flexibility index (Phi) is 8.57. The second-order valence-electron chi connectivity index (χ2n) is 7.73. The third-order valence-corrected chi connectivity index (χ3v) is 4.67. The van der Waals surface area contributed by atoms with Crippen LogP contribution in [0.15, 0.2) is 64.4 Å². The molecule has 0 bridgehead atoms. The lowest BCUT2D eigenvalue weighted by Crippen LogP contribution is -2.06. The van der Waals surface area contributed by atoms with E-state index in [0.29, 0.717) is 11.8 Å². The smallest absolute Gasteiger partial charge is 0.0987 e. The fourth-order valence-corrected chi connectivity index (χ4v) is 3.40. The number of aliphatic hydroxyl groups is 1. The first-order valence-electron chi connectivity index (χ1n) is 9.42. The van der Waals surface area contributed by atoms with Crippen molar-refractivity contribution >= 4 is 5.71 Å². The highest BCUT2D eigenvalue weighted by Crippen LogP contribution is 2.31. The summed E-state index contributed by atoms with van der Waals surface area (Å²) in [6, 6.07) is 8.89. The van der Waals surface area contributed by atoms with Crippen molar-refractivity contribution in [2.75, 3.05) is 7.05 Å². The van der Waals surface area contributed by atoms with Crippen LogP contribution in [0.1, 0.15) is 64.5 Å². The minimum Gasteiger partial charge on any atom is -0.512 e. The number of aliphatic imine (C=N–C) groups is 1. The number of aryl methyl sites for hydroxylation is 1. The molecule has 1 aromatic carbocycles. The summed E-state index contributed by atoms with van der Waals surface area (Å²) in [5.41, 5.74) is 6.31. The molecule has 0 spiro atoms. The molecule has 1 rings (SSSR count). The Morgan fingerprint density at radius 1 is 1.15 bits per heavy atom. The molecule has 0 fully saturated rings. The van der Waals surface area contributed by atoms with Crippen LogP contribution in [0, 0.1) is 12.8 Å². The van der Waals surface area contributed by atoms with Gasteiger partial charge in [0, 0.05) is 18.3 Å². The van der Waals surface area contributed by atoms with E-state index in [1.807, 2.05) is 6.92 Å². The van der Waals surface area contributed by atoms with E-state index in [2.05, 4.69) is 69.6 Å². The first kappa shape index (κ1) is 22.0. The molecule has 0 aromatic heterocycles. The molecule has 0 amide bonds. The quantitative estimate of drug-likeness (QED) is 0.306. The molecule has 0 aliphatic rings. The van der Waals surface area contributed by atoms with Crippen LogP contribution >= 0.6 is 0 Å². The van der Waals surface area contributed by atoms with E-state index in [1.165, 1.54) is 16.7 Å². The summed E-state index contributed by atoms with van der Waals surface area (Å²) in [5.74, 6) is 1.39. The van der Waals surface area contributed by atoms with Gasteiger partial charge in [-0.1, -0.05) is 61.9 Å². The first-order valence-corrected chi connectivity index (χ1v) is 9.42. The number of hydrogen-bond donors (Lipinski definition) is 1. The van der Waals surface area contributed by atoms with Crippen molar-refractivity contribution in [1.29, 1.82) is 0 Å². The van der Waals surface area contributed by atoms with Crippen molar-refractivity contribution in [3.63, 3.8) is 0 Å². The zero-order chi connectivity index (χ0) is 19.9. The van der Waals surface area contributed by atoms with Crippen LogP contribution in [0.25, 0.3) is 0 Å². The maximum absolute atomic E-state index is 10.0. The zero-order valence-electron chi connectivity index (χ0n) is 17.6. The molecule has 1 aromatic rings. The highest BCUT2D eigenvalue weighted by molar-refractivity contribution is 6.03. The molecule has 0 aliphatic carbocycles. The summed E-state index contributed by atoms with van der Waals surface area (Å²) < 4.78 is 0. The third kappa shape index (κ3) is 6.67. The van der Waals surface area contributed by atoms with Crippen molar-refractivity contribution in [3.8, 4) is 0 Å². The van der Waals surface area contributed by atoms with Crippen molar-refractivity contribution in [2.45, 2.75) is 60.3 Å². The molecule has 1 unspecified atom stereocenters. The highest BCUT2D eigenvalue weighted by atomic mass is 16.3. The van der Waals surface area contributed by atoms with Gasteiger partial charge in [0.05, 0.1) is 5.76 Å². The average Bonchev–Trinajstić information content (AvgIpc) is 2.53. The van der Waals surface area contributed by atoms with Crippen LogP contribution in [-0.4, -0.2) is 17.9 Å². The van der Waals surface area contributed by atoms with E-state index in [-0.39, 0.29) is 5.76 Å². The highest BCUT2D eigenvalue weighted by Gasteiger charge is 2.15. The Morgan fingerprint density at radius 3 is 2.19 bits per heavy atom. The van der Waals surface area contributed by atoms with Gasteiger partial charge in [0.25, 0.3) is 0 Å². The van der Waals surface area contributed by atoms with Crippen molar-refractivity contribution in [1.82, 2.24) is 0 Å². The van der Waals surface area contributed by atoms with Gasteiger partial charge >= 0.3 is 0 Å². The fraction of sp³-hybridized carbons (Fsp3) is 0.458. The number of aliphatic hydroxyl groups excluding tert-OH is 1. The van der Waals surface area contributed by atoms with Gasteiger partial charge in [0.15, 0.2) is 0 Å². The molecule has 2 nitrogen and oxygen atoms in total. The van der Waals surface area contributed by atoms with Gasteiger partial charge < -0.3 is 5.11 Å². The standard InChI is InChI=1S/C24H35NO/c1-16(2)13-23(22-11-9-17(3)10-12-22)15-18(4)14-19(5)24(21(7)26)20(6)25-8/h9-12,14,16,23,26H,5,13,15H2,1-4,6-8H3/b18-14-,24-21-,25-20-. The predicted octanol–water partition coefficient (Wildman–Crippen LogP) is 6.94. The zero-order valence-corrected chi connectivity index (χ0v) is 17.6. The number of nitrogens with zero attached hydrogens (tertiary/aromatic N) is 1. The van der Waals surface area contributed by atoms with E-state index in [4.69, 9.17) is 0 Å². The van der Waals surface area contributed by atoms with Gasteiger partial charge in [0.2, 0.25) is 0 Å². The molecule has 1 N–H and O–H groups in total. The van der Waals surface area contributed by atoms with Gasteiger partial charge in [-0.25, -0.2) is 0 Å². The van der Waals surface area contributed by atoms with Gasteiger partial charge in [-0.3, -0.25) is 4.99 Å². The Balaban J connectivity index is 3.06. The largest absolute Gasteiger partial charge is 0.512 e. The van der Waals surface area contributed by atoms with Crippen LogP contribution in [0.2, 0.25) is 0 Å². The molecular weight excluding hydrogens is 318 g/mol. The first-order chi connectivity index (χ1) is 12.1. The van der Waals surface area contributed by atoms with Gasteiger partial charge in [-0.05, 0) is 63.5 Å². The molecule has 142 valence electrons. The van der Waals surface area contributed by atoms with Crippen LogP contribution in [-0.2, 0) is 0 Å². The van der Waals surface area contributed by atoms with Crippen molar-refractivity contribution in [3.05, 3.63) is 70.5 Å². The fourth-order valence-electron chi connectivity index (χ4n) is 3.40. The summed E-state index contributed by atoms with van der Waals surface area (Å²) in [4.78, 5) is 4.20. The normalized spacial score (nSPS) is 15.1. The molecular formula is C24H35NO. The molecule has 1 atom stereocenters. The lowest BCUT2D eigenvalue weighted by atomic mass is 9.84. The minimum absolute atomic E-state index is 0.263. The number of hydrogen-bond acceptors (Lipinski definition) is 2. The Hall–Kier alpha value is -2.09. The summed E-state index contributed by atoms with van der Waals surface area (Å²) in [5, 5.41) is 10.0. The summed E-state index contributed by atoms with van der Waals surface area (Å²) in [7, 11) is 1.73. The molecule has 0 radical (unpaired) electrons. The lowest BCUT2D eigenvalue weighted by molar-refractivity contribution is 0.411.